The number of amides is 1. The summed E-state index contributed by atoms with van der Waals surface area (Å²) in [6, 6.07) is 14.0. The lowest BCUT2D eigenvalue weighted by atomic mass is 10.3. The van der Waals surface area contributed by atoms with E-state index in [1.54, 1.807) is 12.1 Å². The predicted octanol–water partition coefficient (Wildman–Crippen LogP) is 1.79. The fraction of sp³-hybridized carbons (Fsp3) is 0.188. The van der Waals surface area contributed by atoms with Gasteiger partial charge in [0.25, 0.3) is 0 Å². The molecule has 0 aliphatic heterocycles. The van der Waals surface area contributed by atoms with E-state index in [9.17, 15) is 17.6 Å². The van der Waals surface area contributed by atoms with E-state index in [0.29, 0.717) is 5.75 Å². The number of halogens is 1. The van der Waals surface area contributed by atoms with Gasteiger partial charge in [-0.15, -0.1) is 0 Å². The first-order chi connectivity index (χ1) is 11.0. The summed E-state index contributed by atoms with van der Waals surface area (Å²) >= 11 is 0. The highest BCUT2D eigenvalue weighted by Gasteiger charge is 2.22. The van der Waals surface area contributed by atoms with Gasteiger partial charge in [0, 0.05) is 0 Å². The van der Waals surface area contributed by atoms with Gasteiger partial charge < -0.3 is 10.1 Å². The zero-order valence-corrected chi connectivity index (χ0v) is 13.1. The van der Waals surface area contributed by atoms with Gasteiger partial charge in [-0.3, -0.25) is 4.79 Å². The van der Waals surface area contributed by atoms with Gasteiger partial charge in [0.2, 0.25) is 5.91 Å². The Balaban J connectivity index is 1.81. The number of nitrogens with one attached hydrogen (secondary N) is 1. The van der Waals surface area contributed by atoms with E-state index in [2.05, 4.69) is 5.32 Å². The van der Waals surface area contributed by atoms with Crippen molar-refractivity contribution in [2.75, 3.05) is 18.9 Å². The Hall–Kier alpha value is -2.41. The molecule has 0 heterocycles. The molecule has 0 atom stereocenters. The molecule has 5 nitrogen and oxygen atoms in total. The first-order valence-corrected chi connectivity index (χ1v) is 8.56. The third-order valence-corrected chi connectivity index (χ3v) is 4.57. The fourth-order valence-corrected chi connectivity index (χ4v) is 3.13. The molecule has 0 aromatic heterocycles. The number of hydrogen-bond donors (Lipinski definition) is 1. The molecule has 1 N–H and O–H groups in total. The Labute approximate surface area is 134 Å². The summed E-state index contributed by atoms with van der Waals surface area (Å²) in [6.07, 6.45) is 0. The van der Waals surface area contributed by atoms with E-state index in [1.807, 2.05) is 18.2 Å². The second kappa shape index (κ2) is 7.73. The van der Waals surface area contributed by atoms with Gasteiger partial charge in [0.15, 0.2) is 9.84 Å². The highest BCUT2D eigenvalue weighted by Crippen LogP contribution is 2.15. The highest BCUT2D eigenvalue weighted by molar-refractivity contribution is 7.92. The van der Waals surface area contributed by atoms with Gasteiger partial charge in [-0.2, -0.15) is 0 Å². The van der Waals surface area contributed by atoms with E-state index in [1.165, 1.54) is 12.1 Å². The van der Waals surface area contributed by atoms with Gasteiger partial charge in [-0.05, 0) is 24.3 Å². The zero-order chi connectivity index (χ0) is 16.7. The lowest BCUT2D eigenvalue weighted by Gasteiger charge is -2.08. The minimum Gasteiger partial charge on any atom is -0.492 e. The van der Waals surface area contributed by atoms with Crippen molar-refractivity contribution in [3.05, 3.63) is 60.4 Å². The number of ether oxygens (including phenoxy) is 1. The molecule has 0 unspecified atom stereocenters. The van der Waals surface area contributed by atoms with Crippen molar-refractivity contribution in [2.24, 2.45) is 0 Å². The Kier molecular flexibility index (Phi) is 5.70. The number of para-hydroxylation sites is 1. The van der Waals surface area contributed by atoms with Crippen molar-refractivity contribution in [3.8, 4) is 5.75 Å². The van der Waals surface area contributed by atoms with Crippen LogP contribution < -0.4 is 10.1 Å². The molecular formula is C16H16FNO4S. The summed E-state index contributed by atoms with van der Waals surface area (Å²) in [5.41, 5.74) is 0. The molecule has 0 fully saturated rings. The molecule has 0 aliphatic rings. The minimum atomic E-state index is -4.01. The molecule has 0 saturated heterocycles. The normalized spacial score (nSPS) is 11.0. The van der Waals surface area contributed by atoms with Crippen LogP contribution in [-0.4, -0.2) is 33.2 Å². The van der Waals surface area contributed by atoms with E-state index in [4.69, 9.17) is 4.74 Å². The third kappa shape index (κ3) is 5.07. The van der Waals surface area contributed by atoms with Crippen LogP contribution in [0.2, 0.25) is 0 Å². The van der Waals surface area contributed by atoms with Crippen LogP contribution in [0.25, 0.3) is 0 Å². The average Bonchev–Trinajstić information content (AvgIpc) is 2.52. The van der Waals surface area contributed by atoms with Crippen LogP contribution in [0.3, 0.4) is 0 Å². The van der Waals surface area contributed by atoms with Crippen LogP contribution in [0.1, 0.15) is 0 Å². The molecule has 2 aromatic carbocycles. The van der Waals surface area contributed by atoms with Crippen molar-refractivity contribution in [2.45, 2.75) is 4.90 Å². The summed E-state index contributed by atoms with van der Waals surface area (Å²) in [7, 11) is -4.01. The van der Waals surface area contributed by atoms with Gasteiger partial charge >= 0.3 is 0 Å². The summed E-state index contributed by atoms with van der Waals surface area (Å²) in [6.45, 7) is 0.357. The largest absolute Gasteiger partial charge is 0.492 e. The summed E-state index contributed by atoms with van der Waals surface area (Å²) < 4.78 is 42.8. The molecule has 0 aliphatic carbocycles. The number of benzene rings is 2. The lowest BCUT2D eigenvalue weighted by Crippen LogP contribution is -2.33. The number of sulfone groups is 1. The third-order valence-electron chi connectivity index (χ3n) is 2.93. The smallest absolute Gasteiger partial charge is 0.235 e. The highest BCUT2D eigenvalue weighted by atomic mass is 32.2. The molecule has 1 amide bonds. The lowest BCUT2D eigenvalue weighted by molar-refractivity contribution is -0.118. The Bertz CT molecular complexity index is 763. The van der Waals surface area contributed by atoms with Crippen LogP contribution in [0.5, 0.6) is 5.75 Å². The number of hydrogen-bond acceptors (Lipinski definition) is 4. The van der Waals surface area contributed by atoms with Gasteiger partial charge in [-0.25, -0.2) is 12.8 Å². The minimum absolute atomic E-state index is 0.153. The summed E-state index contributed by atoms with van der Waals surface area (Å²) in [5, 5.41) is 2.43. The van der Waals surface area contributed by atoms with Crippen LogP contribution >= 0.6 is 0 Å². The molecule has 0 spiro atoms. The molecule has 122 valence electrons. The monoisotopic (exact) mass is 337 g/mol. The Morgan fingerprint density at radius 2 is 1.70 bits per heavy atom. The summed E-state index contributed by atoms with van der Waals surface area (Å²) in [4.78, 5) is 11.2. The molecule has 2 aromatic rings. The Morgan fingerprint density at radius 3 is 2.39 bits per heavy atom. The second-order valence-electron chi connectivity index (χ2n) is 4.70. The molecule has 0 saturated carbocycles. The maximum Gasteiger partial charge on any atom is 0.235 e. The van der Waals surface area contributed by atoms with Gasteiger partial charge in [0.1, 0.15) is 28.8 Å². The van der Waals surface area contributed by atoms with Crippen molar-refractivity contribution in [3.63, 3.8) is 0 Å². The first kappa shape index (κ1) is 17.0. The zero-order valence-electron chi connectivity index (χ0n) is 12.2. The van der Waals surface area contributed by atoms with Gasteiger partial charge in [0.05, 0.1) is 6.54 Å². The fourth-order valence-electron chi connectivity index (χ4n) is 1.87. The second-order valence-corrected chi connectivity index (χ2v) is 6.66. The molecular weight excluding hydrogens is 321 g/mol. The van der Waals surface area contributed by atoms with Crippen LogP contribution in [0.4, 0.5) is 4.39 Å². The van der Waals surface area contributed by atoms with Gasteiger partial charge in [-0.1, -0.05) is 30.3 Å². The van der Waals surface area contributed by atoms with Crippen molar-refractivity contribution >= 4 is 15.7 Å². The number of rotatable bonds is 7. The van der Waals surface area contributed by atoms with E-state index >= 15 is 0 Å². The van der Waals surface area contributed by atoms with Crippen molar-refractivity contribution in [1.82, 2.24) is 5.32 Å². The van der Waals surface area contributed by atoms with Crippen LogP contribution in [-0.2, 0) is 14.6 Å². The Morgan fingerprint density at radius 1 is 1.04 bits per heavy atom. The van der Waals surface area contributed by atoms with E-state index in [-0.39, 0.29) is 13.2 Å². The quantitative estimate of drug-likeness (QED) is 0.782. The number of carbonyl (C=O) groups is 1. The SMILES string of the molecule is O=C(CS(=O)(=O)c1ccccc1F)NCCOc1ccccc1. The van der Waals surface area contributed by atoms with E-state index in [0.717, 1.165) is 12.1 Å². The molecule has 23 heavy (non-hydrogen) atoms. The van der Waals surface area contributed by atoms with Crippen molar-refractivity contribution in [1.29, 1.82) is 0 Å². The maximum absolute atomic E-state index is 13.5. The number of carbonyl (C=O) groups excluding carboxylic acids is 1. The molecule has 0 bridgehead atoms. The average molecular weight is 337 g/mol. The predicted molar refractivity (Wildman–Crippen MR) is 83.4 cm³/mol. The topological polar surface area (TPSA) is 72.5 Å². The van der Waals surface area contributed by atoms with Crippen LogP contribution in [0, 0.1) is 5.82 Å². The molecule has 0 radical (unpaired) electrons. The molecule has 2 rings (SSSR count). The molecule has 7 heteroatoms. The standard InChI is InChI=1S/C16H16FNO4S/c17-14-8-4-5-9-15(14)23(20,21)12-16(19)18-10-11-22-13-6-2-1-3-7-13/h1-9H,10-12H2,(H,18,19). The first-order valence-electron chi connectivity index (χ1n) is 6.91. The maximum atomic E-state index is 13.5. The van der Waals surface area contributed by atoms with Crippen LogP contribution in [0.15, 0.2) is 59.5 Å². The van der Waals surface area contributed by atoms with Crippen molar-refractivity contribution < 1.29 is 22.3 Å². The van der Waals surface area contributed by atoms with E-state index < -0.39 is 32.2 Å². The summed E-state index contributed by atoms with van der Waals surface area (Å²) in [5.74, 6) is -1.72.